The Kier molecular flexibility index (Phi) is 5.72. The molecular weight excluding hydrogens is 362 g/mol. The van der Waals surface area contributed by atoms with E-state index in [1.54, 1.807) is 13.3 Å². The molecule has 0 saturated heterocycles. The lowest BCUT2D eigenvalue weighted by molar-refractivity contribution is -0.116. The molecule has 1 amide bonds. The molecule has 0 radical (unpaired) electrons. The molecule has 1 aliphatic heterocycles. The summed E-state index contributed by atoms with van der Waals surface area (Å²) in [5, 5.41) is 6.86. The van der Waals surface area contributed by atoms with Crippen LogP contribution in [-0.4, -0.2) is 43.1 Å². The Morgan fingerprint density at radius 1 is 1.52 bits per heavy atom. The van der Waals surface area contributed by atoms with Gasteiger partial charge in [0.2, 0.25) is 5.91 Å². The van der Waals surface area contributed by atoms with Crippen LogP contribution in [0.15, 0.2) is 12.3 Å². The Morgan fingerprint density at radius 3 is 3.12 bits per heavy atom. The van der Waals surface area contributed by atoms with Crippen LogP contribution in [0.4, 0.5) is 10.8 Å². The maximum atomic E-state index is 11.8. The largest absolute Gasteiger partial charge is 0.493 e. The zero-order valence-electron chi connectivity index (χ0n) is 14.1. The van der Waals surface area contributed by atoms with E-state index in [1.165, 1.54) is 11.3 Å². The molecule has 0 aliphatic carbocycles. The minimum atomic E-state index is -0.0241. The second-order valence-corrected chi connectivity index (χ2v) is 7.09. The zero-order valence-corrected chi connectivity index (χ0v) is 15.7. The maximum absolute atomic E-state index is 11.8. The predicted molar refractivity (Wildman–Crippen MR) is 99.8 cm³/mol. The Bertz CT molecular complexity index is 767. The normalized spacial score (nSPS) is 13.5. The van der Waals surface area contributed by atoms with Crippen molar-refractivity contribution >= 4 is 39.7 Å². The standard InChI is InChI=1S/C16H20ClN5O2S/c1-18-5-3-14(23)21-16-20-11-4-6-22(9-13(11)25-16)10-7-12(24-2)15(17)19-8-10/h7-8,18H,3-6,9H2,1-2H3,(H,20,21,23). The first-order valence-electron chi connectivity index (χ1n) is 7.98. The number of thiazole rings is 1. The summed E-state index contributed by atoms with van der Waals surface area (Å²) in [5.74, 6) is 0.538. The Labute approximate surface area is 155 Å². The fraction of sp³-hybridized carbons (Fsp3) is 0.438. The van der Waals surface area contributed by atoms with Gasteiger partial charge in [-0.3, -0.25) is 4.79 Å². The monoisotopic (exact) mass is 381 g/mol. The molecule has 0 unspecified atom stereocenters. The lowest BCUT2D eigenvalue weighted by Gasteiger charge is -2.28. The number of carbonyl (C=O) groups excluding carboxylic acids is 1. The molecule has 0 saturated carbocycles. The van der Waals surface area contributed by atoms with Crippen LogP contribution in [-0.2, 0) is 17.8 Å². The smallest absolute Gasteiger partial charge is 0.227 e. The van der Waals surface area contributed by atoms with Crippen molar-refractivity contribution in [1.82, 2.24) is 15.3 Å². The maximum Gasteiger partial charge on any atom is 0.227 e. The number of hydrogen-bond donors (Lipinski definition) is 2. The van der Waals surface area contributed by atoms with E-state index in [0.717, 1.165) is 35.8 Å². The molecular formula is C16H20ClN5O2S. The molecule has 0 spiro atoms. The number of halogens is 1. The Morgan fingerprint density at radius 2 is 2.36 bits per heavy atom. The van der Waals surface area contributed by atoms with Crippen LogP contribution < -0.4 is 20.3 Å². The van der Waals surface area contributed by atoms with Crippen molar-refractivity contribution < 1.29 is 9.53 Å². The molecule has 25 heavy (non-hydrogen) atoms. The van der Waals surface area contributed by atoms with E-state index < -0.39 is 0 Å². The Balaban J connectivity index is 1.70. The van der Waals surface area contributed by atoms with Gasteiger partial charge >= 0.3 is 0 Å². The van der Waals surface area contributed by atoms with Crippen LogP contribution in [0.1, 0.15) is 17.0 Å². The van der Waals surface area contributed by atoms with Crippen molar-refractivity contribution in [2.24, 2.45) is 0 Å². The van der Waals surface area contributed by atoms with Crippen molar-refractivity contribution in [3.8, 4) is 5.75 Å². The van der Waals surface area contributed by atoms with Crippen LogP contribution >= 0.6 is 22.9 Å². The molecule has 0 atom stereocenters. The van der Waals surface area contributed by atoms with Gasteiger partial charge in [0.15, 0.2) is 16.0 Å². The SMILES string of the molecule is CNCCC(=O)Nc1nc2c(s1)CN(c1cnc(Cl)c(OC)c1)CC2. The number of aromatic nitrogens is 2. The van der Waals surface area contributed by atoms with E-state index in [2.05, 4.69) is 25.5 Å². The van der Waals surface area contributed by atoms with Gasteiger partial charge in [-0.25, -0.2) is 9.97 Å². The van der Waals surface area contributed by atoms with Gasteiger partial charge in [-0.2, -0.15) is 0 Å². The summed E-state index contributed by atoms with van der Waals surface area (Å²) < 4.78 is 5.24. The van der Waals surface area contributed by atoms with Gasteiger partial charge in [0.05, 0.1) is 31.2 Å². The summed E-state index contributed by atoms with van der Waals surface area (Å²) >= 11 is 7.52. The number of anilines is 2. The number of amides is 1. The van der Waals surface area contributed by atoms with Gasteiger partial charge in [0, 0.05) is 36.9 Å². The summed E-state index contributed by atoms with van der Waals surface area (Å²) in [7, 11) is 3.40. The highest BCUT2D eigenvalue weighted by molar-refractivity contribution is 7.15. The van der Waals surface area contributed by atoms with Gasteiger partial charge in [0.1, 0.15) is 0 Å². The third-order valence-electron chi connectivity index (χ3n) is 3.96. The number of methoxy groups -OCH3 is 1. The van der Waals surface area contributed by atoms with Crippen LogP contribution in [0.2, 0.25) is 5.15 Å². The Hall–Kier alpha value is -1.90. The number of rotatable bonds is 6. The number of nitrogens with zero attached hydrogens (tertiary/aromatic N) is 3. The lowest BCUT2D eigenvalue weighted by atomic mass is 10.1. The highest BCUT2D eigenvalue weighted by Gasteiger charge is 2.22. The summed E-state index contributed by atoms with van der Waals surface area (Å²) in [5.41, 5.74) is 2.01. The molecule has 2 aromatic heterocycles. The highest BCUT2D eigenvalue weighted by atomic mass is 35.5. The number of hydrogen-bond acceptors (Lipinski definition) is 7. The van der Waals surface area contributed by atoms with E-state index in [4.69, 9.17) is 16.3 Å². The van der Waals surface area contributed by atoms with Crippen molar-refractivity contribution in [3.05, 3.63) is 28.0 Å². The summed E-state index contributed by atoms with van der Waals surface area (Å²) in [4.78, 5) is 23.9. The van der Waals surface area contributed by atoms with Gasteiger partial charge in [-0.05, 0) is 7.05 Å². The predicted octanol–water partition coefficient (Wildman–Crippen LogP) is 2.31. The number of pyridine rings is 1. The number of fused-ring (bicyclic) bond motifs is 1. The van der Waals surface area contributed by atoms with Gasteiger partial charge in [-0.15, -0.1) is 0 Å². The number of nitrogens with one attached hydrogen (secondary N) is 2. The van der Waals surface area contributed by atoms with Crippen molar-refractivity contribution in [2.45, 2.75) is 19.4 Å². The fourth-order valence-corrected chi connectivity index (χ4v) is 3.84. The molecule has 0 fully saturated rings. The molecule has 3 rings (SSSR count). The topological polar surface area (TPSA) is 79.4 Å². The first-order chi connectivity index (χ1) is 12.1. The summed E-state index contributed by atoms with van der Waals surface area (Å²) in [6, 6.07) is 1.89. The number of carbonyl (C=O) groups is 1. The molecule has 7 nitrogen and oxygen atoms in total. The molecule has 134 valence electrons. The molecule has 3 heterocycles. The van der Waals surface area contributed by atoms with Crippen molar-refractivity contribution in [3.63, 3.8) is 0 Å². The van der Waals surface area contributed by atoms with E-state index in [1.807, 2.05) is 13.1 Å². The second kappa shape index (κ2) is 7.99. The van der Waals surface area contributed by atoms with Crippen LogP contribution in [0, 0.1) is 0 Å². The minimum Gasteiger partial charge on any atom is -0.493 e. The van der Waals surface area contributed by atoms with Crippen LogP contribution in [0.5, 0.6) is 5.75 Å². The summed E-state index contributed by atoms with van der Waals surface area (Å²) in [6.45, 7) is 2.21. The second-order valence-electron chi connectivity index (χ2n) is 5.65. The molecule has 9 heteroatoms. The van der Waals surface area contributed by atoms with Gasteiger partial charge in [-0.1, -0.05) is 22.9 Å². The van der Waals surface area contributed by atoms with Crippen molar-refractivity contribution in [1.29, 1.82) is 0 Å². The molecule has 2 N–H and O–H groups in total. The number of ether oxygens (including phenoxy) is 1. The molecule has 1 aliphatic rings. The minimum absolute atomic E-state index is 0.0241. The third kappa shape index (κ3) is 4.20. The third-order valence-corrected chi connectivity index (χ3v) is 5.24. The van der Waals surface area contributed by atoms with Crippen molar-refractivity contribution in [2.75, 3.05) is 37.5 Å². The van der Waals surface area contributed by atoms with E-state index in [0.29, 0.717) is 29.0 Å². The van der Waals surface area contributed by atoms with E-state index >= 15 is 0 Å². The quantitative estimate of drug-likeness (QED) is 0.747. The first-order valence-corrected chi connectivity index (χ1v) is 9.17. The van der Waals surface area contributed by atoms with Gasteiger partial charge in [0.25, 0.3) is 0 Å². The molecule has 2 aromatic rings. The van der Waals surface area contributed by atoms with E-state index in [-0.39, 0.29) is 5.91 Å². The fourth-order valence-electron chi connectivity index (χ4n) is 2.62. The average molecular weight is 382 g/mol. The van der Waals surface area contributed by atoms with Crippen LogP contribution in [0.3, 0.4) is 0 Å². The first kappa shape index (κ1) is 17.9. The molecule has 0 bridgehead atoms. The average Bonchev–Trinajstić information content (AvgIpc) is 3.01. The highest BCUT2D eigenvalue weighted by Crippen LogP contribution is 2.33. The zero-order chi connectivity index (χ0) is 17.8. The molecule has 0 aromatic carbocycles. The van der Waals surface area contributed by atoms with Gasteiger partial charge < -0.3 is 20.3 Å². The van der Waals surface area contributed by atoms with Crippen LogP contribution in [0.25, 0.3) is 0 Å². The summed E-state index contributed by atoms with van der Waals surface area (Å²) in [6.07, 6.45) is 3.00. The lowest BCUT2D eigenvalue weighted by Crippen LogP contribution is -2.29. The van der Waals surface area contributed by atoms with E-state index in [9.17, 15) is 4.79 Å².